The van der Waals surface area contributed by atoms with E-state index in [1.807, 2.05) is 13.8 Å². The van der Waals surface area contributed by atoms with Crippen LogP contribution in [0.4, 0.5) is 0 Å². The topological polar surface area (TPSA) is 35.5 Å². The van der Waals surface area contributed by atoms with Crippen molar-refractivity contribution in [2.45, 2.75) is 13.8 Å². The van der Waals surface area contributed by atoms with Gasteiger partial charge in [-0.1, -0.05) is 19.9 Å². The molecule has 0 heterocycles. The number of hydrogen-bond acceptors (Lipinski definition) is 3. The van der Waals surface area contributed by atoms with Gasteiger partial charge in [-0.15, -0.1) is 0 Å². The molecule has 1 rings (SSSR count). The van der Waals surface area contributed by atoms with Crippen molar-refractivity contribution < 1.29 is 14.3 Å². The number of benzene rings is 1. The second-order valence-corrected chi connectivity index (χ2v) is 4.16. The van der Waals surface area contributed by atoms with E-state index in [0.717, 1.165) is 0 Å². The highest BCUT2D eigenvalue weighted by atomic mass is 35.5. The van der Waals surface area contributed by atoms with Crippen LogP contribution in [0.25, 0.3) is 0 Å². The highest BCUT2D eigenvalue weighted by molar-refractivity contribution is 6.68. The van der Waals surface area contributed by atoms with Crippen LogP contribution in [-0.2, 0) is 0 Å². The number of carbonyl (C=O) groups is 1. The van der Waals surface area contributed by atoms with Crippen molar-refractivity contribution in [1.82, 2.24) is 0 Å². The predicted octanol–water partition coefficient (Wildman–Crippen LogP) is 3.11. The molecule has 0 bridgehead atoms. The van der Waals surface area contributed by atoms with E-state index in [1.165, 1.54) is 7.11 Å². The SMILES string of the molecule is COc1c(OCC(C)C)cccc1C(=O)Cl. The molecule has 0 N–H and O–H groups in total. The molecule has 0 atom stereocenters. The average Bonchev–Trinajstić information content (AvgIpc) is 2.25. The molecule has 4 heteroatoms. The van der Waals surface area contributed by atoms with Gasteiger partial charge in [0.25, 0.3) is 5.24 Å². The van der Waals surface area contributed by atoms with Crippen molar-refractivity contribution in [2.24, 2.45) is 5.92 Å². The average molecular weight is 243 g/mol. The third-order valence-corrected chi connectivity index (χ3v) is 2.17. The van der Waals surface area contributed by atoms with E-state index < -0.39 is 5.24 Å². The zero-order valence-electron chi connectivity index (χ0n) is 9.62. The highest BCUT2D eigenvalue weighted by Gasteiger charge is 2.14. The number of methoxy groups -OCH3 is 1. The monoisotopic (exact) mass is 242 g/mol. The molecule has 1 aromatic rings. The number of para-hydroxylation sites is 1. The molecule has 0 amide bonds. The van der Waals surface area contributed by atoms with Crippen molar-refractivity contribution >= 4 is 16.8 Å². The summed E-state index contributed by atoms with van der Waals surface area (Å²) in [5.74, 6) is 1.34. The molecule has 0 unspecified atom stereocenters. The first kappa shape index (κ1) is 12.8. The molecule has 0 saturated heterocycles. The molecule has 3 nitrogen and oxygen atoms in total. The van der Waals surface area contributed by atoms with E-state index in [0.29, 0.717) is 29.6 Å². The molecule has 0 aliphatic heterocycles. The predicted molar refractivity (Wildman–Crippen MR) is 63.5 cm³/mol. The van der Waals surface area contributed by atoms with Crippen LogP contribution in [0.15, 0.2) is 18.2 Å². The number of ether oxygens (including phenoxy) is 2. The molecule has 1 aromatic carbocycles. The maximum atomic E-state index is 11.1. The minimum Gasteiger partial charge on any atom is -0.492 e. The van der Waals surface area contributed by atoms with Crippen LogP contribution < -0.4 is 9.47 Å². The fraction of sp³-hybridized carbons (Fsp3) is 0.417. The summed E-state index contributed by atoms with van der Waals surface area (Å²) >= 11 is 5.45. The van der Waals surface area contributed by atoms with E-state index in [2.05, 4.69) is 0 Å². The molecule has 88 valence electrons. The maximum absolute atomic E-state index is 11.1. The summed E-state index contributed by atoms with van der Waals surface area (Å²) < 4.78 is 10.7. The molecule has 0 radical (unpaired) electrons. The summed E-state index contributed by atoms with van der Waals surface area (Å²) in [6, 6.07) is 5.08. The Bertz CT molecular complexity index is 375. The van der Waals surface area contributed by atoms with E-state index in [1.54, 1.807) is 18.2 Å². The number of halogens is 1. The lowest BCUT2D eigenvalue weighted by Crippen LogP contribution is -2.06. The summed E-state index contributed by atoms with van der Waals surface area (Å²) in [4.78, 5) is 11.1. The molecule has 0 aliphatic rings. The first-order valence-electron chi connectivity index (χ1n) is 5.06. The van der Waals surface area contributed by atoms with Crippen molar-refractivity contribution in [1.29, 1.82) is 0 Å². The lowest BCUT2D eigenvalue weighted by molar-refractivity contribution is 0.107. The second-order valence-electron chi connectivity index (χ2n) is 3.82. The summed E-state index contributed by atoms with van der Waals surface area (Å²) in [7, 11) is 1.49. The Hall–Kier alpha value is -1.22. The van der Waals surface area contributed by atoms with Crippen LogP contribution in [0.5, 0.6) is 11.5 Å². The van der Waals surface area contributed by atoms with Gasteiger partial charge in [0, 0.05) is 0 Å². The standard InChI is InChI=1S/C12H15ClO3/c1-8(2)7-16-10-6-4-5-9(12(13)14)11(10)15-3/h4-6,8H,7H2,1-3H3. The first-order chi connectivity index (χ1) is 7.56. The van der Waals surface area contributed by atoms with Gasteiger partial charge in [0.15, 0.2) is 11.5 Å². The Labute approximate surface area is 100 Å². The maximum Gasteiger partial charge on any atom is 0.256 e. The summed E-state index contributed by atoms with van der Waals surface area (Å²) in [5, 5.41) is -0.549. The van der Waals surface area contributed by atoms with Crippen LogP contribution in [0.3, 0.4) is 0 Å². The van der Waals surface area contributed by atoms with E-state index >= 15 is 0 Å². The Balaban J connectivity index is 2.99. The third-order valence-electron chi connectivity index (χ3n) is 1.97. The largest absolute Gasteiger partial charge is 0.492 e. The van der Waals surface area contributed by atoms with Gasteiger partial charge in [-0.2, -0.15) is 0 Å². The fourth-order valence-corrected chi connectivity index (χ4v) is 1.40. The summed E-state index contributed by atoms with van der Waals surface area (Å²) in [6.45, 7) is 4.66. The van der Waals surface area contributed by atoms with Crippen LogP contribution in [0.1, 0.15) is 24.2 Å². The zero-order chi connectivity index (χ0) is 12.1. The molecular formula is C12H15ClO3. The van der Waals surface area contributed by atoms with Gasteiger partial charge in [0.05, 0.1) is 19.3 Å². The van der Waals surface area contributed by atoms with Gasteiger partial charge in [-0.3, -0.25) is 4.79 Å². The Kier molecular flexibility index (Phi) is 4.62. The lowest BCUT2D eigenvalue weighted by Gasteiger charge is -2.13. The van der Waals surface area contributed by atoms with E-state index in [9.17, 15) is 4.79 Å². The van der Waals surface area contributed by atoms with Gasteiger partial charge in [-0.05, 0) is 29.7 Å². The normalized spacial score (nSPS) is 10.3. The van der Waals surface area contributed by atoms with E-state index in [-0.39, 0.29) is 0 Å². The van der Waals surface area contributed by atoms with E-state index in [4.69, 9.17) is 21.1 Å². The number of hydrogen-bond donors (Lipinski definition) is 0. The van der Waals surface area contributed by atoms with Gasteiger partial charge in [-0.25, -0.2) is 0 Å². The fourth-order valence-electron chi connectivity index (χ4n) is 1.25. The van der Waals surface area contributed by atoms with Crippen LogP contribution >= 0.6 is 11.6 Å². The van der Waals surface area contributed by atoms with Gasteiger partial charge >= 0.3 is 0 Å². The smallest absolute Gasteiger partial charge is 0.256 e. The van der Waals surface area contributed by atoms with Crippen molar-refractivity contribution in [3.05, 3.63) is 23.8 Å². The highest BCUT2D eigenvalue weighted by Crippen LogP contribution is 2.32. The van der Waals surface area contributed by atoms with Crippen molar-refractivity contribution in [2.75, 3.05) is 13.7 Å². The minimum atomic E-state index is -0.549. The molecule has 0 aromatic heterocycles. The van der Waals surface area contributed by atoms with Crippen molar-refractivity contribution in [3.63, 3.8) is 0 Å². The molecule has 0 fully saturated rings. The number of carbonyl (C=O) groups excluding carboxylic acids is 1. The van der Waals surface area contributed by atoms with Gasteiger partial charge < -0.3 is 9.47 Å². The molecule has 0 aliphatic carbocycles. The number of rotatable bonds is 5. The lowest BCUT2D eigenvalue weighted by atomic mass is 10.2. The molecule has 0 spiro atoms. The first-order valence-corrected chi connectivity index (χ1v) is 5.43. The van der Waals surface area contributed by atoms with Gasteiger partial charge in [0.1, 0.15) is 0 Å². The van der Waals surface area contributed by atoms with Crippen molar-refractivity contribution in [3.8, 4) is 11.5 Å². The third kappa shape index (κ3) is 3.14. The summed E-state index contributed by atoms with van der Waals surface area (Å²) in [6.07, 6.45) is 0. The van der Waals surface area contributed by atoms with Crippen LogP contribution in [-0.4, -0.2) is 19.0 Å². The van der Waals surface area contributed by atoms with Gasteiger partial charge in [0.2, 0.25) is 0 Å². The Morgan fingerprint density at radius 3 is 2.62 bits per heavy atom. The quantitative estimate of drug-likeness (QED) is 0.745. The minimum absolute atomic E-state index is 0.324. The Morgan fingerprint density at radius 2 is 2.12 bits per heavy atom. The summed E-state index contributed by atoms with van der Waals surface area (Å²) in [5.41, 5.74) is 0.324. The molecule has 0 saturated carbocycles. The zero-order valence-corrected chi connectivity index (χ0v) is 10.4. The molecule has 16 heavy (non-hydrogen) atoms. The second kappa shape index (κ2) is 5.75. The molecular weight excluding hydrogens is 228 g/mol. The van der Waals surface area contributed by atoms with Crippen LogP contribution in [0, 0.1) is 5.92 Å². The van der Waals surface area contributed by atoms with Crippen LogP contribution in [0.2, 0.25) is 0 Å². The Morgan fingerprint density at radius 1 is 1.44 bits per heavy atom.